The fraction of sp³-hybridized carbons (Fsp3) is 0.500. The molecule has 4 heteroatoms. The van der Waals surface area contributed by atoms with Crippen molar-refractivity contribution < 1.29 is 0 Å². The van der Waals surface area contributed by atoms with Gasteiger partial charge in [-0.1, -0.05) is 37.3 Å². The highest BCUT2D eigenvalue weighted by molar-refractivity contribution is 5.77. The average Bonchev–Trinajstić information content (AvgIpc) is 2.80. The molecule has 4 rings (SSSR count). The zero-order valence-electron chi connectivity index (χ0n) is 18.5. The summed E-state index contributed by atoms with van der Waals surface area (Å²) >= 11 is 0. The maximum atomic E-state index is 9.27. The Morgan fingerprint density at radius 2 is 1.73 bits per heavy atom. The maximum absolute atomic E-state index is 9.27. The van der Waals surface area contributed by atoms with E-state index in [0.29, 0.717) is 6.04 Å². The molecule has 158 valence electrons. The fourth-order valence-corrected chi connectivity index (χ4v) is 5.15. The minimum absolute atomic E-state index is 0.653. The monoisotopic (exact) mass is 402 g/mol. The first-order valence-electron chi connectivity index (χ1n) is 11.5. The van der Waals surface area contributed by atoms with Crippen LogP contribution in [0.4, 0.5) is 11.4 Å². The lowest BCUT2D eigenvalue weighted by Crippen LogP contribution is -2.50. The van der Waals surface area contributed by atoms with Crippen molar-refractivity contribution in [2.24, 2.45) is 0 Å². The molecule has 2 aliphatic rings. The van der Waals surface area contributed by atoms with Gasteiger partial charge >= 0.3 is 0 Å². The van der Waals surface area contributed by atoms with Gasteiger partial charge in [-0.15, -0.1) is 0 Å². The zero-order valence-corrected chi connectivity index (χ0v) is 18.5. The Morgan fingerprint density at radius 3 is 2.50 bits per heavy atom. The lowest BCUT2D eigenvalue weighted by molar-refractivity contribution is 0.206. The zero-order chi connectivity index (χ0) is 20.9. The quantitative estimate of drug-likeness (QED) is 0.714. The molecule has 0 N–H and O–H groups in total. The molecule has 0 spiro atoms. The summed E-state index contributed by atoms with van der Waals surface area (Å²) in [6.07, 6.45) is 5.71. The number of likely N-dealkylation sites (tertiary alicyclic amines) is 1. The summed E-state index contributed by atoms with van der Waals surface area (Å²) in [4.78, 5) is 7.75. The van der Waals surface area contributed by atoms with E-state index in [1.807, 2.05) is 18.2 Å². The van der Waals surface area contributed by atoms with Crippen LogP contribution in [-0.2, 0) is 12.8 Å². The number of aryl methyl sites for hydroxylation is 2. The van der Waals surface area contributed by atoms with Crippen LogP contribution in [0.2, 0.25) is 0 Å². The summed E-state index contributed by atoms with van der Waals surface area (Å²) < 4.78 is 0. The summed E-state index contributed by atoms with van der Waals surface area (Å²) in [5, 5.41) is 9.27. The molecule has 0 aliphatic carbocycles. The van der Waals surface area contributed by atoms with E-state index >= 15 is 0 Å². The van der Waals surface area contributed by atoms with Gasteiger partial charge in [0.05, 0.1) is 23.0 Å². The lowest BCUT2D eigenvalue weighted by Gasteiger charge is -2.45. The van der Waals surface area contributed by atoms with Crippen molar-refractivity contribution >= 4 is 11.4 Å². The maximum Gasteiger partial charge on any atom is 0.0994 e. The number of rotatable bonds is 6. The van der Waals surface area contributed by atoms with Crippen molar-refractivity contribution in [3.63, 3.8) is 0 Å². The van der Waals surface area contributed by atoms with Crippen LogP contribution in [0.1, 0.15) is 42.9 Å². The van der Waals surface area contributed by atoms with Gasteiger partial charge in [0.2, 0.25) is 0 Å². The molecule has 2 aliphatic heterocycles. The predicted octanol–water partition coefficient (Wildman–Crippen LogP) is 4.47. The van der Waals surface area contributed by atoms with Gasteiger partial charge < -0.3 is 14.7 Å². The van der Waals surface area contributed by atoms with Gasteiger partial charge in [0.15, 0.2) is 0 Å². The number of para-hydroxylation sites is 1. The van der Waals surface area contributed by atoms with Gasteiger partial charge in [-0.3, -0.25) is 0 Å². The topological polar surface area (TPSA) is 33.5 Å². The molecule has 30 heavy (non-hydrogen) atoms. The van der Waals surface area contributed by atoms with Crippen LogP contribution < -0.4 is 9.80 Å². The third-order valence-corrected chi connectivity index (χ3v) is 6.91. The summed E-state index contributed by atoms with van der Waals surface area (Å²) in [5.74, 6) is 0. The number of benzene rings is 2. The molecular formula is C26H34N4. The minimum atomic E-state index is 0.653. The van der Waals surface area contributed by atoms with Crippen molar-refractivity contribution in [2.75, 3.05) is 49.6 Å². The van der Waals surface area contributed by atoms with Crippen molar-refractivity contribution in [3.05, 3.63) is 59.2 Å². The van der Waals surface area contributed by atoms with E-state index in [2.05, 4.69) is 59.0 Å². The fourth-order valence-electron chi connectivity index (χ4n) is 5.15. The first-order valence-corrected chi connectivity index (χ1v) is 11.5. The predicted molar refractivity (Wildman–Crippen MR) is 125 cm³/mol. The normalized spacial score (nSPS) is 17.6. The molecule has 0 radical (unpaired) electrons. The van der Waals surface area contributed by atoms with Gasteiger partial charge in [0, 0.05) is 39.3 Å². The number of fused-ring (bicyclic) bond motifs is 1. The summed E-state index contributed by atoms with van der Waals surface area (Å²) in [6.45, 7) is 8.01. The van der Waals surface area contributed by atoms with E-state index in [1.165, 1.54) is 48.4 Å². The van der Waals surface area contributed by atoms with E-state index in [0.717, 1.165) is 44.5 Å². The second-order valence-electron chi connectivity index (χ2n) is 8.70. The number of anilines is 2. The molecule has 2 aromatic carbocycles. The Balaban J connectivity index is 1.33. The van der Waals surface area contributed by atoms with Crippen LogP contribution >= 0.6 is 0 Å². The molecular weight excluding hydrogens is 368 g/mol. The molecule has 0 unspecified atom stereocenters. The van der Waals surface area contributed by atoms with Gasteiger partial charge in [0.1, 0.15) is 0 Å². The van der Waals surface area contributed by atoms with Crippen molar-refractivity contribution in [2.45, 2.75) is 45.1 Å². The SMILES string of the molecule is CCc1cccc2c1N(C1CCN(CCCc3ccccc3C#N)CC1)CCN2C. The second kappa shape index (κ2) is 9.53. The van der Waals surface area contributed by atoms with Crippen LogP contribution in [0.3, 0.4) is 0 Å². The Hall–Kier alpha value is -2.51. The smallest absolute Gasteiger partial charge is 0.0994 e. The van der Waals surface area contributed by atoms with E-state index in [-0.39, 0.29) is 0 Å². The molecule has 1 fully saturated rings. The third kappa shape index (κ3) is 4.32. The van der Waals surface area contributed by atoms with E-state index < -0.39 is 0 Å². The van der Waals surface area contributed by atoms with Gasteiger partial charge in [0.25, 0.3) is 0 Å². The van der Waals surface area contributed by atoms with Crippen molar-refractivity contribution in [1.82, 2.24) is 4.90 Å². The molecule has 0 aromatic heterocycles. The van der Waals surface area contributed by atoms with Crippen molar-refractivity contribution in [3.8, 4) is 6.07 Å². The number of hydrogen-bond acceptors (Lipinski definition) is 4. The molecule has 0 saturated carbocycles. The average molecular weight is 403 g/mol. The Labute approximate surface area is 181 Å². The summed E-state index contributed by atoms with van der Waals surface area (Å²) in [6, 6.07) is 17.8. The van der Waals surface area contributed by atoms with Crippen LogP contribution in [0.15, 0.2) is 42.5 Å². The Morgan fingerprint density at radius 1 is 0.967 bits per heavy atom. The van der Waals surface area contributed by atoms with E-state index in [1.54, 1.807) is 0 Å². The molecule has 0 amide bonds. The molecule has 4 nitrogen and oxygen atoms in total. The number of nitriles is 1. The standard InChI is InChI=1S/C26H34N4/c1-3-21-10-6-12-25-26(21)30(19-18-28(25)2)24-13-16-29(17-14-24)15-7-11-22-8-4-5-9-23(22)20-27/h4-6,8-10,12,24H,3,7,11,13-19H2,1-2H3. The summed E-state index contributed by atoms with van der Waals surface area (Å²) in [5.41, 5.74) is 6.39. The second-order valence-corrected chi connectivity index (χ2v) is 8.70. The summed E-state index contributed by atoms with van der Waals surface area (Å²) in [7, 11) is 2.22. The van der Waals surface area contributed by atoms with Crippen molar-refractivity contribution in [1.29, 1.82) is 5.26 Å². The van der Waals surface area contributed by atoms with Crippen LogP contribution in [-0.4, -0.2) is 50.7 Å². The number of hydrogen-bond donors (Lipinski definition) is 0. The van der Waals surface area contributed by atoms with E-state index in [9.17, 15) is 5.26 Å². The lowest BCUT2D eigenvalue weighted by atomic mass is 9.97. The highest BCUT2D eigenvalue weighted by Gasteiger charge is 2.30. The first kappa shape index (κ1) is 20.8. The van der Waals surface area contributed by atoms with Crippen LogP contribution in [0.25, 0.3) is 0 Å². The largest absolute Gasteiger partial charge is 0.371 e. The van der Waals surface area contributed by atoms with Gasteiger partial charge in [-0.2, -0.15) is 5.26 Å². The van der Waals surface area contributed by atoms with Crippen LogP contribution in [0.5, 0.6) is 0 Å². The number of likely N-dealkylation sites (N-methyl/N-ethyl adjacent to an activating group) is 1. The number of nitrogens with zero attached hydrogens (tertiary/aromatic N) is 4. The molecule has 2 aromatic rings. The Kier molecular flexibility index (Phi) is 6.59. The minimum Gasteiger partial charge on any atom is -0.371 e. The highest BCUT2D eigenvalue weighted by atomic mass is 15.3. The van der Waals surface area contributed by atoms with Gasteiger partial charge in [-0.05, 0) is 61.9 Å². The highest BCUT2D eigenvalue weighted by Crippen LogP contribution is 2.38. The van der Waals surface area contributed by atoms with Gasteiger partial charge in [-0.25, -0.2) is 0 Å². The molecule has 1 saturated heterocycles. The first-order chi connectivity index (χ1) is 14.7. The molecule has 0 atom stereocenters. The molecule has 2 heterocycles. The van der Waals surface area contributed by atoms with E-state index in [4.69, 9.17) is 0 Å². The number of piperidine rings is 1. The third-order valence-electron chi connectivity index (χ3n) is 6.91. The van der Waals surface area contributed by atoms with Crippen LogP contribution in [0, 0.1) is 11.3 Å². The molecule has 0 bridgehead atoms. The Bertz CT molecular complexity index is 892.